The van der Waals surface area contributed by atoms with Crippen molar-refractivity contribution in [2.24, 2.45) is 0 Å². The molecule has 13 heavy (non-hydrogen) atoms. The highest BCUT2D eigenvalue weighted by Crippen LogP contribution is 2.16. The average Bonchev–Trinajstić information content (AvgIpc) is 2.43. The van der Waals surface area contributed by atoms with Crippen LogP contribution in [0.25, 0.3) is 0 Å². The molecule has 0 bridgehead atoms. The normalized spacial score (nSPS) is 37.6. The fourth-order valence-corrected chi connectivity index (χ4v) is 2.45. The van der Waals surface area contributed by atoms with Crippen LogP contribution in [0.3, 0.4) is 0 Å². The molecule has 2 atom stereocenters. The predicted molar refractivity (Wildman–Crippen MR) is 52.7 cm³/mol. The number of hydrogen-bond donors (Lipinski definition) is 2. The zero-order valence-corrected chi connectivity index (χ0v) is 8.21. The summed E-state index contributed by atoms with van der Waals surface area (Å²) in [7, 11) is 0. The Morgan fingerprint density at radius 1 is 1.00 bits per heavy atom. The standard InChI is InChI=1S/C10H20N2O/c13-10-8-11-7-9(10)12-5-3-1-2-4-6-12/h9-11,13H,1-8H2/t9-,10-/m1/s1. The van der Waals surface area contributed by atoms with Crippen LogP contribution < -0.4 is 5.32 Å². The zero-order valence-electron chi connectivity index (χ0n) is 8.21. The molecule has 76 valence electrons. The molecule has 2 aliphatic heterocycles. The second-order valence-corrected chi connectivity index (χ2v) is 4.24. The fourth-order valence-electron chi connectivity index (χ4n) is 2.45. The van der Waals surface area contributed by atoms with Gasteiger partial charge in [-0.2, -0.15) is 0 Å². The van der Waals surface area contributed by atoms with Crippen molar-refractivity contribution in [3.8, 4) is 0 Å². The van der Waals surface area contributed by atoms with E-state index in [1.807, 2.05) is 0 Å². The van der Waals surface area contributed by atoms with Crippen LogP contribution in [0.5, 0.6) is 0 Å². The molecular weight excluding hydrogens is 164 g/mol. The molecule has 0 radical (unpaired) electrons. The predicted octanol–water partition coefficient (Wildman–Crippen LogP) is 0.195. The first kappa shape index (κ1) is 9.44. The Kier molecular flexibility index (Phi) is 3.19. The van der Waals surface area contributed by atoms with Gasteiger partial charge in [-0.1, -0.05) is 12.8 Å². The highest BCUT2D eigenvalue weighted by atomic mass is 16.3. The van der Waals surface area contributed by atoms with Gasteiger partial charge in [-0.3, -0.25) is 4.90 Å². The topological polar surface area (TPSA) is 35.5 Å². The van der Waals surface area contributed by atoms with E-state index in [0.29, 0.717) is 6.04 Å². The van der Waals surface area contributed by atoms with Gasteiger partial charge in [0.15, 0.2) is 0 Å². The van der Waals surface area contributed by atoms with E-state index in [1.54, 1.807) is 0 Å². The Labute approximate surface area is 80.1 Å². The van der Waals surface area contributed by atoms with Crippen molar-refractivity contribution >= 4 is 0 Å². The molecule has 3 nitrogen and oxygen atoms in total. The van der Waals surface area contributed by atoms with Crippen LogP contribution in [0.1, 0.15) is 25.7 Å². The lowest BCUT2D eigenvalue weighted by Gasteiger charge is -2.28. The van der Waals surface area contributed by atoms with E-state index in [0.717, 1.165) is 13.1 Å². The SMILES string of the molecule is O[C@@H]1CNC[C@H]1N1CCCCCC1. The minimum Gasteiger partial charge on any atom is -0.390 e. The number of aliphatic hydroxyl groups is 1. The smallest absolute Gasteiger partial charge is 0.0831 e. The summed E-state index contributed by atoms with van der Waals surface area (Å²) < 4.78 is 0. The summed E-state index contributed by atoms with van der Waals surface area (Å²) >= 11 is 0. The Balaban J connectivity index is 1.89. The molecule has 0 saturated carbocycles. The van der Waals surface area contributed by atoms with Crippen LogP contribution in [0.2, 0.25) is 0 Å². The van der Waals surface area contributed by atoms with Crippen LogP contribution in [0.15, 0.2) is 0 Å². The monoisotopic (exact) mass is 184 g/mol. The molecule has 2 saturated heterocycles. The summed E-state index contributed by atoms with van der Waals surface area (Å²) in [5.74, 6) is 0. The van der Waals surface area contributed by atoms with Gasteiger partial charge in [0.1, 0.15) is 0 Å². The molecule has 2 heterocycles. The van der Waals surface area contributed by atoms with Gasteiger partial charge >= 0.3 is 0 Å². The van der Waals surface area contributed by atoms with Crippen LogP contribution in [-0.4, -0.2) is 48.3 Å². The van der Waals surface area contributed by atoms with E-state index in [1.165, 1.54) is 38.8 Å². The van der Waals surface area contributed by atoms with Crippen LogP contribution >= 0.6 is 0 Å². The molecule has 3 heteroatoms. The Morgan fingerprint density at radius 3 is 2.23 bits per heavy atom. The summed E-state index contributed by atoms with van der Waals surface area (Å²) in [6.45, 7) is 4.12. The van der Waals surface area contributed by atoms with E-state index < -0.39 is 0 Å². The van der Waals surface area contributed by atoms with Gasteiger partial charge in [-0.15, -0.1) is 0 Å². The number of rotatable bonds is 1. The lowest BCUT2D eigenvalue weighted by atomic mass is 10.2. The summed E-state index contributed by atoms with van der Waals surface area (Å²) in [4.78, 5) is 2.47. The second kappa shape index (κ2) is 4.40. The molecule has 0 amide bonds. The minimum absolute atomic E-state index is 0.141. The molecule has 0 aromatic rings. The fraction of sp³-hybridized carbons (Fsp3) is 1.00. The Hall–Kier alpha value is -0.120. The number of aliphatic hydroxyl groups excluding tert-OH is 1. The van der Waals surface area contributed by atoms with Crippen molar-refractivity contribution in [2.75, 3.05) is 26.2 Å². The van der Waals surface area contributed by atoms with Crippen molar-refractivity contribution in [3.63, 3.8) is 0 Å². The number of hydrogen-bond acceptors (Lipinski definition) is 3. The van der Waals surface area contributed by atoms with Gasteiger partial charge in [0.25, 0.3) is 0 Å². The maximum absolute atomic E-state index is 9.73. The van der Waals surface area contributed by atoms with Gasteiger partial charge in [-0.25, -0.2) is 0 Å². The summed E-state index contributed by atoms with van der Waals surface area (Å²) in [5.41, 5.74) is 0. The molecule has 0 spiro atoms. The first-order valence-corrected chi connectivity index (χ1v) is 5.51. The third-order valence-corrected chi connectivity index (χ3v) is 3.26. The first-order chi connectivity index (χ1) is 6.38. The Morgan fingerprint density at radius 2 is 1.69 bits per heavy atom. The number of nitrogens with one attached hydrogen (secondary N) is 1. The van der Waals surface area contributed by atoms with Gasteiger partial charge in [0.2, 0.25) is 0 Å². The van der Waals surface area contributed by atoms with Crippen LogP contribution in [0, 0.1) is 0 Å². The highest BCUT2D eigenvalue weighted by molar-refractivity contribution is 4.88. The molecule has 0 aromatic carbocycles. The molecule has 0 unspecified atom stereocenters. The third kappa shape index (κ3) is 2.22. The number of likely N-dealkylation sites (tertiary alicyclic amines) is 1. The molecule has 2 rings (SSSR count). The number of nitrogens with zero attached hydrogens (tertiary/aromatic N) is 1. The molecule has 2 fully saturated rings. The van der Waals surface area contributed by atoms with Crippen molar-refractivity contribution in [3.05, 3.63) is 0 Å². The lowest BCUT2D eigenvalue weighted by molar-refractivity contribution is 0.0853. The van der Waals surface area contributed by atoms with Gasteiger partial charge in [0.05, 0.1) is 6.10 Å². The van der Waals surface area contributed by atoms with Crippen LogP contribution in [-0.2, 0) is 0 Å². The molecule has 2 N–H and O–H groups in total. The zero-order chi connectivity index (χ0) is 9.10. The minimum atomic E-state index is -0.141. The average molecular weight is 184 g/mol. The maximum Gasteiger partial charge on any atom is 0.0831 e. The quantitative estimate of drug-likeness (QED) is 0.611. The van der Waals surface area contributed by atoms with E-state index in [4.69, 9.17) is 0 Å². The van der Waals surface area contributed by atoms with E-state index in [-0.39, 0.29) is 6.10 Å². The van der Waals surface area contributed by atoms with Gasteiger partial charge in [-0.05, 0) is 25.9 Å². The van der Waals surface area contributed by atoms with Crippen LogP contribution in [0.4, 0.5) is 0 Å². The Bertz CT molecular complexity index is 155. The number of β-amino-alcohol motifs (C(OH)–C–C–N with tert-alkyl or cyclic N) is 1. The lowest BCUT2D eigenvalue weighted by Crippen LogP contribution is -2.43. The molecule has 0 aromatic heterocycles. The van der Waals surface area contributed by atoms with Gasteiger partial charge in [0, 0.05) is 19.1 Å². The third-order valence-electron chi connectivity index (χ3n) is 3.26. The highest BCUT2D eigenvalue weighted by Gasteiger charge is 2.30. The molecule has 2 aliphatic rings. The first-order valence-electron chi connectivity index (χ1n) is 5.51. The summed E-state index contributed by atoms with van der Waals surface area (Å²) in [5, 5.41) is 13.0. The van der Waals surface area contributed by atoms with E-state index in [2.05, 4.69) is 10.2 Å². The maximum atomic E-state index is 9.73. The molecule has 0 aliphatic carbocycles. The van der Waals surface area contributed by atoms with Crippen molar-refractivity contribution in [1.82, 2.24) is 10.2 Å². The van der Waals surface area contributed by atoms with E-state index in [9.17, 15) is 5.11 Å². The van der Waals surface area contributed by atoms with Gasteiger partial charge < -0.3 is 10.4 Å². The summed E-state index contributed by atoms with van der Waals surface area (Å²) in [6.07, 6.45) is 5.21. The summed E-state index contributed by atoms with van der Waals surface area (Å²) in [6, 6.07) is 0.387. The van der Waals surface area contributed by atoms with Crippen molar-refractivity contribution < 1.29 is 5.11 Å². The van der Waals surface area contributed by atoms with E-state index >= 15 is 0 Å². The largest absolute Gasteiger partial charge is 0.390 e. The van der Waals surface area contributed by atoms with Crippen molar-refractivity contribution in [1.29, 1.82) is 0 Å². The molecular formula is C10H20N2O. The second-order valence-electron chi connectivity index (χ2n) is 4.24. The van der Waals surface area contributed by atoms with Crippen molar-refractivity contribution in [2.45, 2.75) is 37.8 Å².